The molecule has 4 aromatic carbocycles. The lowest BCUT2D eigenvalue weighted by Gasteiger charge is -2.29. The smallest absolute Gasteiger partial charge is 0.273 e. The van der Waals surface area contributed by atoms with Gasteiger partial charge in [0, 0.05) is 43.0 Å². The van der Waals surface area contributed by atoms with Crippen molar-refractivity contribution < 1.29 is 28.7 Å². The summed E-state index contributed by atoms with van der Waals surface area (Å²) in [7, 11) is 6.70. The molecule has 0 aromatic heterocycles. The number of hydrogen-bond acceptors (Lipinski definition) is 9. The molecule has 0 aliphatic rings. The topological polar surface area (TPSA) is 132 Å². The van der Waals surface area contributed by atoms with E-state index in [-0.39, 0.29) is 24.0 Å². The van der Waals surface area contributed by atoms with Crippen LogP contribution in [0, 0.1) is 10.1 Å². The van der Waals surface area contributed by atoms with Crippen LogP contribution < -0.4 is 29.7 Å². The molecule has 0 saturated carbocycles. The number of anilines is 3. The number of methoxy groups -OCH3 is 2. The zero-order valence-electron chi connectivity index (χ0n) is 26.3. The summed E-state index contributed by atoms with van der Waals surface area (Å²) < 4.78 is 17.4. The number of ether oxygens (including phenoxy) is 3. The molecular formula is C34H35ClN4O7. The zero-order valence-corrected chi connectivity index (χ0v) is 27.1. The Bertz CT molecular complexity index is 1770. The van der Waals surface area contributed by atoms with Crippen molar-refractivity contribution in [2.24, 2.45) is 0 Å². The van der Waals surface area contributed by atoms with E-state index in [9.17, 15) is 19.7 Å². The Balaban J connectivity index is 1.83. The van der Waals surface area contributed by atoms with Gasteiger partial charge in [-0.05, 0) is 55.8 Å². The highest BCUT2D eigenvalue weighted by Crippen LogP contribution is 2.43. The van der Waals surface area contributed by atoms with E-state index in [0.29, 0.717) is 44.6 Å². The predicted molar refractivity (Wildman–Crippen MR) is 180 cm³/mol. The van der Waals surface area contributed by atoms with Crippen LogP contribution in [0.2, 0.25) is 5.02 Å². The van der Waals surface area contributed by atoms with E-state index in [1.807, 2.05) is 37.2 Å². The van der Waals surface area contributed by atoms with Crippen molar-refractivity contribution in [3.05, 3.63) is 99.1 Å². The highest BCUT2D eigenvalue weighted by atomic mass is 35.5. The van der Waals surface area contributed by atoms with E-state index in [4.69, 9.17) is 25.8 Å². The van der Waals surface area contributed by atoms with Crippen LogP contribution in [0.25, 0.3) is 11.1 Å². The standard InChI is InChI=1S/C34H35ClN4O7/c1-34(2,20-40)37-28-15-14-23(24-13-11-21(17-30(24)45-6)36-33(41)25-9-7-8-10-27(25)35)26(32(28)38(3)4)19-46-31-18-22(39(42)43)12-16-29(31)44-5/h7-18,20,37H,19H2,1-6H3,(H,36,41). The minimum Gasteiger partial charge on any atom is -0.496 e. The third-order valence-electron chi connectivity index (χ3n) is 7.08. The van der Waals surface area contributed by atoms with Gasteiger partial charge in [0.25, 0.3) is 11.6 Å². The summed E-state index contributed by atoms with van der Waals surface area (Å²) in [6, 6.07) is 19.9. The summed E-state index contributed by atoms with van der Waals surface area (Å²) in [6.07, 6.45) is 0.823. The number of aldehydes is 1. The minimum atomic E-state index is -0.882. The third-order valence-corrected chi connectivity index (χ3v) is 7.41. The van der Waals surface area contributed by atoms with Gasteiger partial charge in [0.2, 0.25) is 0 Å². The Morgan fingerprint density at radius 1 is 0.957 bits per heavy atom. The molecule has 0 aliphatic heterocycles. The molecule has 0 bridgehead atoms. The van der Waals surface area contributed by atoms with E-state index in [2.05, 4.69) is 10.6 Å². The summed E-state index contributed by atoms with van der Waals surface area (Å²) in [5.41, 5.74) is 3.28. The highest BCUT2D eigenvalue weighted by molar-refractivity contribution is 6.34. The van der Waals surface area contributed by atoms with Crippen molar-refractivity contribution in [3.63, 3.8) is 0 Å². The van der Waals surface area contributed by atoms with Crippen molar-refractivity contribution in [1.29, 1.82) is 0 Å². The lowest BCUT2D eigenvalue weighted by Crippen LogP contribution is -2.33. The molecule has 4 rings (SSSR count). The monoisotopic (exact) mass is 646 g/mol. The second kappa shape index (κ2) is 14.2. The maximum absolute atomic E-state index is 12.9. The molecule has 46 heavy (non-hydrogen) atoms. The van der Waals surface area contributed by atoms with Crippen LogP contribution in [-0.4, -0.2) is 51.0 Å². The molecule has 0 atom stereocenters. The van der Waals surface area contributed by atoms with Gasteiger partial charge in [-0.25, -0.2) is 0 Å². The van der Waals surface area contributed by atoms with E-state index < -0.39 is 10.5 Å². The second-order valence-electron chi connectivity index (χ2n) is 11.1. The third kappa shape index (κ3) is 7.49. The van der Waals surface area contributed by atoms with Crippen molar-refractivity contribution in [3.8, 4) is 28.4 Å². The Morgan fingerprint density at radius 2 is 1.65 bits per heavy atom. The van der Waals surface area contributed by atoms with Gasteiger partial charge in [0.1, 0.15) is 18.6 Å². The van der Waals surface area contributed by atoms with Crippen LogP contribution in [0.3, 0.4) is 0 Å². The fraction of sp³-hybridized carbons (Fsp3) is 0.235. The van der Waals surface area contributed by atoms with Gasteiger partial charge >= 0.3 is 0 Å². The molecule has 4 aromatic rings. The maximum atomic E-state index is 12.9. The van der Waals surface area contributed by atoms with Crippen molar-refractivity contribution in [2.75, 3.05) is 43.8 Å². The van der Waals surface area contributed by atoms with Crippen molar-refractivity contribution in [2.45, 2.75) is 26.0 Å². The lowest BCUT2D eigenvalue weighted by atomic mass is 9.95. The van der Waals surface area contributed by atoms with Crippen molar-refractivity contribution in [1.82, 2.24) is 0 Å². The second-order valence-corrected chi connectivity index (χ2v) is 11.5. The van der Waals surface area contributed by atoms with Crippen LogP contribution in [-0.2, 0) is 11.4 Å². The fourth-order valence-electron chi connectivity index (χ4n) is 4.90. The molecule has 11 nitrogen and oxygen atoms in total. The molecule has 240 valence electrons. The van der Waals surface area contributed by atoms with Crippen LogP contribution in [0.15, 0.2) is 72.8 Å². The number of rotatable bonds is 13. The van der Waals surface area contributed by atoms with Gasteiger partial charge in [-0.1, -0.05) is 29.8 Å². The Kier molecular flexibility index (Phi) is 10.4. The van der Waals surface area contributed by atoms with E-state index in [1.54, 1.807) is 50.2 Å². The zero-order chi connectivity index (χ0) is 33.6. The summed E-state index contributed by atoms with van der Waals surface area (Å²) in [6.45, 7) is 3.48. The first kappa shape index (κ1) is 33.6. The molecule has 2 N–H and O–H groups in total. The van der Waals surface area contributed by atoms with E-state index in [0.717, 1.165) is 17.5 Å². The molecule has 0 heterocycles. The van der Waals surface area contributed by atoms with Gasteiger partial charge in [0.05, 0.1) is 52.7 Å². The van der Waals surface area contributed by atoms with Crippen molar-refractivity contribution >= 4 is 46.5 Å². The molecular weight excluding hydrogens is 612 g/mol. The number of carbonyl (C=O) groups is 2. The fourth-order valence-corrected chi connectivity index (χ4v) is 5.12. The normalized spacial score (nSPS) is 10.9. The van der Waals surface area contributed by atoms with Gasteiger partial charge in [-0.15, -0.1) is 0 Å². The van der Waals surface area contributed by atoms with Gasteiger partial charge in [-0.2, -0.15) is 0 Å². The quantitative estimate of drug-likeness (QED) is 0.0877. The Hall–Kier alpha value is -5.29. The highest BCUT2D eigenvalue weighted by Gasteiger charge is 2.25. The van der Waals surface area contributed by atoms with Gasteiger partial charge < -0.3 is 34.5 Å². The number of halogens is 1. The largest absolute Gasteiger partial charge is 0.496 e. The maximum Gasteiger partial charge on any atom is 0.273 e. The first-order valence-corrected chi connectivity index (χ1v) is 14.5. The molecule has 0 fully saturated rings. The molecule has 0 saturated heterocycles. The molecule has 0 radical (unpaired) electrons. The van der Waals surface area contributed by atoms with Crippen LogP contribution in [0.5, 0.6) is 17.2 Å². The van der Waals surface area contributed by atoms with Gasteiger partial charge in [-0.3, -0.25) is 14.9 Å². The average molecular weight is 647 g/mol. The number of nitrogens with zero attached hydrogens (tertiary/aromatic N) is 2. The van der Waals surface area contributed by atoms with E-state index >= 15 is 0 Å². The predicted octanol–water partition coefficient (Wildman–Crippen LogP) is 7.22. The lowest BCUT2D eigenvalue weighted by molar-refractivity contribution is -0.385. The summed E-state index contributed by atoms with van der Waals surface area (Å²) in [5.74, 6) is 0.600. The number of hydrogen-bond donors (Lipinski definition) is 2. The van der Waals surface area contributed by atoms with Crippen LogP contribution in [0.4, 0.5) is 22.7 Å². The molecule has 0 spiro atoms. The van der Waals surface area contributed by atoms with Gasteiger partial charge in [0.15, 0.2) is 11.5 Å². The first-order valence-electron chi connectivity index (χ1n) is 14.2. The molecule has 1 amide bonds. The number of amides is 1. The summed E-state index contributed by atoms with van der Waals surface area (Å²) in [4.78, 5) is 37.6. The molecule has 12 heteroatoms. The summed E-state index contributed by atoms with van der Waals surface area (Å²) >= 11 is 6.22. The number of nitro benzene ring substituents is 1. The Labute approximate surface area is 272 Å². The Morgan fingerprint density at radius 3 is 2.28 bits per heavy atom. The summed E-state index contributed by atoms with van der Waals surface area (Å²) in [5, 5.41) is 18.0. The number of carbonyl (C=O) groups excluding carboxylic acids is 2. The number of nitrogens with one attached hydrogen (secondary N) is 2. The number of benzene rings is 4. The van der Waals surface area contributed by atoms with E-state index in [1.165, 1.54) is 32.4 Å². The molecule has 0 aliphatic carbocycles. The number of non-ortho nitro benzene ring substituents is 1. The number of nitro groups is 1. The molecule has 0 unspecified atom stereocenters. The average Bonchev–Trinajstić information content (AvgIpc) is 3.03. The van der Waals surface area contributed by atoms with Crippen LogP contribution >= 0.6 is 11.6 Å². The SMILES string of the molecule is COc1ccc([N+](=O)[O-])cc1OCc1c(-c2ccc(NC(=O)c3ccccc3Cl)cc2OC)ccc(NC(C)(C)C=O)c1N(C)C. The minimum absolute atomic E-state index is 0.0362. The first-order chi connectivity index (χ1) is 21.9. The van der Waals surface area contributed by atoms with Crippen LogP contribution in [0.1, 0.15) is 29.8 Å².